The van der Waals surface area contributed by atoms with E-state index in [0.717, 1.165) is 12.8 Å². The highest BCUT2D eigenvalue weighted by Crippen LogP contribution is 2.25. The molecule has 0 saturated heterocycles. The van der Waals surface area contributed by atoms with E-state index >= 15 is 0 Å². The second-order valence-corrected chi connectivity index (χ2v) is 5.40. The van der Waals surface area contributed by atoms with E-state index in [0.29, 0.717) is 21.8 Å². The molecule has 19 heavy (non-hydrogen) atoms. The molecule has 0 unspecified atom stereocenters. The second kappa shape index (κ2) is 5.61. The number of esters is 1. The summed E-state index contributed by atoms with van der Waals surface area (Å²) in [6.45, 7) is -0.234. The van der Waals surface area contributed by atoms with E-state index < -0.39 is 5.97 Å². The molecule has 1 aromatic rings. The summed E-state index contributed by atoms with van der Waals surface area (Å²) in [6.07, 6.45) is 2.05. The molecule has 2 N–H and O–H groups in total. The lowest BCUT2D eigenvalue weighted by Gasteiger charge is -2.15. The number of rotatable bonds is 4. The van der Waals surface area contributed by atoms with E-state index in [9.17, 15) is 9.59 Å². The maximum absolute atomic E-state index is 11.8. The minimum absolute atomic E-state index is 0.180. The first-order chi connectivity index (χ1) is 8.99. The fraction of sp³-hybridized carbons (Fsp3) is 0.385. The van der Waals surface area contributed by atoms with Gasteiger partial charge in [-0.05, 0) is 47.0 Å². The summed E-state index contributed by atoms with van der Waals surface area (Å²) in [7, 11) is 1.73. The first-order valence-electron chi connectivity index (χ1n) is 5.97. The van der Waals surface area contributed by atoms with Crippen LogP contribution in [0.25, 0.3) is 0 Å². The van der Waals surface area contributed by atoms with E-state index in [-0.39, 0.29) is 12.5 Å². The quantitative estimate of drug-likeness (QED) is 0.676. The summed E-state index contributed by atoms with van der Waals surface area (Å²) in [5, 5.41) is 0. The van der Waals surface area contributed by atoms with Crippen molar-refractivity contribution in [3.05, 3.63) is 28.2 Å². The molecule has 0 aliphatic heterocycles. The Bertz CT molecular complexity index is 515. The highest BCUT2D eigenvalue weighted by Gasteiger charge is 2.29. The van der Waals surface area contributed by atoms with Crippen molar-refractivity contribution in [1.82, 2.24) is 4.90 Å². The van der Waals surface area contributed by atoms with Gasteiger partial charge in [-0.15, -0.1) is 0 Å². The van der Waals surface area contributed by atoms with Crippen LogP contribution < -0.4 is 5.73 Å². The standard InChI is InChI=1S/C13H15BrN2O3/c1-16(9-3-4-9)12(17)7-19-13(18)8-2-5-10(14)11(15)6-8/h2,5-6,9H,3-4,7,15H2,1H3. The van der Waals surface area contributed by atoms with Crippen LogP contribution in [0.4, 0.5) is 5.69 Å². The van der Waals surface area contributed by atoms with Crippen molar-refractivity contribution in [1.29, 1.82) is 0 Å². The number of benzene rings is 1. The third kappa shape index (κ3) is 3.47. The summed E-state index contributed by atoms with van der Waals surface area (Å²) < 4.78 is 5.70. The number of nitrogens with zero attached hydrogens (tertiary/aromatic N) is 1. The van der Waals surface area contributed by atoms with Crippen molar-refractivity contribution in [2.75, 3.05) is 19.4 Å². The Labute approximate surface area is 119 Å². The highest BCUT2D eigenvalue weighted by atomic mass is 79.9. The number of nitrogens with two attached hydrogens (primary N) is 1. The smallest absolute Gasteiger partial charge is 0.338 e. The van der Waals surface area contributed by atoms with Gasteiger partial charge in [0.2, 0.25) is 0 Å². The first kappa shape index (κ1) is 13.9. The van der Waals surface area contributed by atoms with Gasteiger partial charge in [0.15, 0.2) is 6.61 Å². The molecule has 6 heteroatoms. The first-order valence-corrected chi connectivity index (χ1v) is 6.76. The lowest BCUT2D eigenvalue weighted by atomic mass is 10.2. The van der Waals surface area contributed by atoms with Gasteiger partial charge in [0.05, 0.1) is 5.56 Å². The second-order valence-electron chi connectivity index (χ2n) is 4.55. The molecule has 5 nitrogen and oxygen atoms in total. The molecule has 1 aliphatic carbocycles. The molecule has 1 amide bonds. The molecule has 102 valence electrons. The van der Waals surface area contributed by atoms with Crippen molar-refractivity contribution in [3.8, 4) is 0 Å². The molecule has 0 aromatic heterocycles. The topological polar surface area (TPSA) is 72.6 Å². The highest BCUT2D eigenvalue weighted by molar-refractivity contribution is 9.10. The van der Waals surface area contributed by atoms with Gasteiger partial charge in [-0.3, -0.25) is 4.79 Å². The fourth-order valence-electron chi connectivity index (χ4n) is 1.65. The van der Waals surface area contributed by atoms with Crippen molar-refractivity contribution in [2.24, 2.45) is 0 Å². The summed E-state index contributed by atoms with van der Waals surface area (Å²) in [6, 6.07) is 5.10. The Morgan fingerprint density at radius 1 is 1.47 bits per heavy atom. The van der Waals surface area contributed by atoms with Gasteiger partial charge in [0.1, 0.15) is 0 Å². The summed E-state index contributed by atoms with van der Waals surface area (Å²) in [5.74, 6) is -0.724. The molecule has 1 fully saturated rings. The number of halogens is 1. The summed E-state index contributed by atoms with van der Waals surface area (Å²) in [4.78, 5) is 25.1. The molecule has 1 saturated carbocycles. The number of amides is 1. The molecule has 0 spiro atoms. The largest absolute Gasteiger partial charge is 0.452 e. The van der Waals surface area contributed by atoms with Gasteiger partial charge in [0, 0.05) is 23.2 Å². The average molecular weight is 327 g/mol. The van der Waals surface area contributed by atoms with Crippen LogP contribution in [0.2, 0.25) is 0 Å². The van der Waals surface area contributed by atoms with Crippen molar-refractivity contribution < 1.29 is 14.3 Å². The monoisotopic (exact) mass is 326 g/mol. The normalized spacial score (nSPS) is 14.0. The predicted octanol–water partition coefficient (Wildman–Crippen LogP) is 1.81. The number of likely N-dealkylation sites (N-methyl/N-ethyl adjacent to an activating group) is 1. The molecule has 1 aromatic carbocycles. The molecular formula is C13H15BrN2O3. The Kier molecular flexibility index (Phi) is 4.09. The number of anilines is 1. The van der Waals surface area contributed by atoms with Crippen LogP contribution in [0.3, 0.4) is 0 Å². The van der Waals surface area contributed by atoms with Gasteiger partial charge in [0.25, 0.3) is 5.91 Å². The van der Waals surface area contributed by atoms with E-state index in [1.165, 1.54) is 6.07 Å². The van der Waals surface area contributed by atoms with Crippen LogP contribution in [0.15, 0.2) is 22.7 Å². The molecule has 0 bridgehead atoms. The zero-order valence-corrected chi connectivity index (χ0v) is 12.1. The number of ether oxygens (including phenoxy) is 1. The summed E-state index contributed by atoms with van der Waals surface area (Å²) >= 11 is 3.24. The van der Waals surface area contributed by atoms with Crippen LogP contribution in [0, 0.1) is 0 Å². The van der Waals surface area contributed by atoms with E-state index in [1.54, 1.807) is 24.1 Å². The van der Waals surface area contributed by atoms with Crippen LogP contribution in [0.1, 0.15) is 23.2 Å². The van der Waals surface area contributed by atoms with Crippen molar-refractivity contribution in [3.63, 3.8) is 0 Å². The molecular weight excluding hydrogens is 312 g/mol. The number of nitrogen functional groups attached to an aromatic ring is 1. The lowest BCUT2D eigenvalue weighted by molar-refractivity contribution is -0.133. The molecule has 0 radical (unpaired) electrons. The van der Waals surface area contributed by atoms with E-state index in [2.05, 4.69) is 15.9 Å². The number of hydrogen-bond acceptors (Lipinski definition) is 4. The molecule has 2 rings (SSSR count). The average Bonchev–Trinajstić information content (AvgIpc) is 3.22. The van der Waals surface area contributed by atoms with Crippen LogP contribution in [-0.4, -0.2) is 36.5 Å². The third-order valence-corrected chi connectivity index (χ3v) is 3.77. The molecule has 0 heterocycles. The van der Waals surface area contributed by atoms with Crippen LogP contribution >= 0.6 is 15.9 Å². The minimum Gasteiger partial charge on any atom is -0.452 e. The Hall–Kier alpha value is -1.56. The van der Waals surface area contributed by atoms with Gasteiger partial charge >= 0.3 is 5.97 Å². The third-order valence-electron chi connectivity index (χ3n) is 3.05. The molecule has 1 aliphatic rings. The van der Waals surface area contributed by atoms with Gasteiger partial charge in [-0.25, -0.2) is 4.79 Å². The molecule has 0 atom stereocenters. The van der Waals surface area contributed by atoms with Crippen molar-refractivity contribution in [2.45, 2.75) is 18.9 Å². The van der Waals surface area contributed by atoms with Crippen molar-refractivity contribution >= 4 is 33.5 Å². The van der Waals surface area contributed by atoms with Crippen LogP contribution in [0.5, 0.6) is 0 Å². The van der Waals surface area contributed by atoms with Gasteiger partial charge < -0.3 is 15.4 Å². The lowest BCUT2D eigenvalue weighted by Crippen LogP contribution is -2.32. The Morgan fingerprint density at radius 3 is 2.74 bits per heavy atom. The zero-order chi connectivity index (χ0) is 14.0. The van der Waals surface area contributed by atoms with Crippen LogP contribution in [-0.2, 0) is 9.53 Å². The predicted molar refractivity (Wildman–Crippen MR) is 74.6 cm³/mol. The summed E-state index contributed by atoms with van der Waals surface area (Å²) in [5.41, 5.74) is 6.47. The fourth-order valence-corrected chi connectivity index (χ4v) is 1.90. The number of hydrogen-bond donors (Lipinski definition) is 1. The Morgan fingerprint density at radius 2 is 2.16 bits per heavy atom. The number of carbonyl (C=O) groups excluding carboxylic acids is 2. The Balaban J connectivity index is 1.89. The maximum Gasteiger partial charge on any atom is 0.338 e. The van der Waals surface area contributed by atoms with Gasteiger partial charge in [-0.2, -0.15) is 0 Å². The minimum atomic E-state index is -0.545. The zero-order valence-electron chi connectivity index (χ0n) is 10.6. The number of carbonyl (C=O) groups is 2. The SMILES string of the molecule is CN(C(=O)COC(=O)c1ccc(Br)c(N)c1)C1CC1. The van der Waals surface area contributed by atoms with Gasteiger partial charge in [-0.1, -0.05) is 0 Å². The van der Waals surface area contributed by atoms with E-state index in [1.807, 2.05) is 0 Å². The maximum atomic E-state index is 11.8. The van der Waals surface area contributed by atoms with E-state index in [4.69, 9.17) is 10.5 Å².